The van der Waals surface area contributed by atoms with E-state index in [0.717, 1.165) is 17.0 Å². The van der Waals surface area contributed by atoms with E-state index in [0.29, 0.717) is 17.3 Å². The molecular weight excluding hydrogens is 438 g/mol. The van der Waals surface area contributed by atoms with Gasteiger partial charge in [0.2, 0.25) is 5.91 Å². The standard InChI is InChI=1S/C26H25NO5S/c1-18-6-10-22(11-7-18)32-23-12-8-21(9-13-23)27-25(29)17-33-26(27)20-4-3-5-24(16-20)31-15-14-30-19(2)28/h3-13,16,26H,14-15,17H2,1-2H3. The summed E-state index contributed by atoms with van der Waals surface area (Å²) in [7, 11) is 0. The molecule has 3 aromatic carbocycles. The first kappa shape index (κ1) is 22.7. The van der Waals surface area contributed by atoms with Crippen molar-refractivity contribution in [2.45, 2.75) is 19.2 Å². The zero-order chi connectivity index (χ0) is 23.2. The van der Waals surface area contributed by atoms with Gasteiger partial charge in [0.05, 0.1) is 5.75 Å². The molecule has 0 bridgehead atoms. The molecule has 0 aromatic heterocycles. The van der Waals surface area contributed by atoms with Gasteiger partial charge >= 0.3 is 5.97 Å². The van der Waals surface area contributed by atoms with Crippen molar-refractivity contribution in [3.05, 3.63) is 83.9 Å². The van der Waals surface area contributed by atoms with Crippen molar-refractivity contribution in [1.29, 1.82) is 0 Å². The Balaban J connectivity index is 1.46. The molecule has 4 rings (SSSR count). The van der Waals surface area contributed by atoms with E-state index in [1.807, 2.05) is 79.7 Å². The highest BCUT2D eigenvalue weighted by atomic mass is 32.2. The van der Waals surface area contributed by atoms with E-state index in [9.17, 15) is 9.59 Å². The summed E-state index contributed by atoms with van der Waals surface area (Å²) < 4.78 is 16.5. The third-order valence-corrected chi connectivity index (χ3v) is 6.25. The number of hydrogen-bond donors (Lipinski definition) is 0. The average Bonchev–Trinajstić information content (AvgIpc) is 3.20. The summed E-state index contributed by atoms with van der Waals surface area (Å²) in [5.41, 5.74) is 2.95. The summed E-state index contributed by atoms with van der Waals surface area (Å²) in [6.07, 6.45) is 0. The molecule has 0 spiro atoms. The molecule has 1 unspecified atom stereocenters. The van der Waals surface area contributed by atoms with Gasteiger partial charge in [-0.3, -0.25) is 14.5 Å². The number of anilines is 1. The van der Waals surface area contributed by atoms with Crippen LogP contribution in [-0.2, 0) is 14.3 Å². The van der Waals surface area contributed by atoms with Gasteiger partial charge in [-0.15, -0.1) is 11.8 Å². The number of esters is 1. The van der Waals surface area contributed by atoms with Gasteiger partial charge in [0.15, 0.2) is 0 Å². The highest BCUT2D eigenvalue weighted by Gasteiger charge is 2.34. The number of carbonyl (C=O) groups is 2. The van der Waals surface area contributed by atoms with E-state index in [1.165, 1.54) is 12.5 Å². The normalized spacial score (nSPS) is 15.4. The van der Waals surface area contributed by atoms with Gasteiger partial charge in [-0.05, 0) is 61.0 Å². The molecule has 1 aliphatic heterocycles. The fourth-order valence-corrected chi connectivity index (χ4v) is 4.64. The number of aryl methyl sites for hydroxylation is 1. The van der Waals surface area contributed by atoms with Crippen LogP contribution in [0.4, 0.5) is 5.69 Å². The second-order valence-electron chi connectivity index (χ2n) is 7.60. The summed E-state index contributed by atoms with van der Waals surface area (Å²) in [6, 6.07) is 23.1. The van der Waals surface area contributed by atoms with Crippen molar-refractivity contribution in [2.75, 3.05) is 23.9 Å². The van der Waals surface area contributed by atoms with Crippen LogP contribution in [0.5, 0.6) is 17.2 Å². The summed E-state index contributed by atoms with van der Waals surface area (Å²) in [5.74, 6) is 2.27. The molecule has 0 saturated carbocycles. The Morgan fingerprint density at radius 3 is 2.36 bits per heavy atom. The minimum absolute atomic E-state index is 0.0541. The Morgan fingerprint density at radius 1 is 0.970 bits per heavy atom. The van der Waals surface area contributed by atoms with Crippen molar-refractivity contribution in [1.82, 2.24) is 0 Å². The molecule has 170 valence electrons. The Bertz CT molecular complexity index is 1110. The molecule has 0 radical (unpaired) electrons. The van der Waals surface area contributed by atoms with E-state index in [-0.39, 0.29) is 30.5 Å². The van der Waals surface area contributed by atoms with Crippen molar-refractivity contribution in [3.8, 4) is 17.2 Å². The maximum atomic E-state index is 12.7. The van der Waals surface area contributed by atoms with Gasteiger partial charge < -0.3 is 14.2 Å². The van der Waals surface area contributed by atoms with Crippen LogP contribution in [0.1, 0.15) is 23.4 Å². The fourth-order valence-electron chi connectivity index (χ4n) is 3.47. The summed E-state index contributed by atoms with van der Waals surface area (Å²) >= 11 is 1.58. The molecule has 1 atom stereocenters. The van der Waals surface area contributed by atoms with Crippen molar-refractivity contribution < 1.29 is 23.8 Å². The number of ether oxygens (including phenoxy) is 3. The average molecular weight is 464 g/mol. The molecular formula is C26H25NO5S. The van der Waals surface area contributed by atoms with Gasteiger partial charge in [-0.1, -0.05) is 29.8 Å². The number of rotatable bonds is 8. The molecule has 1 fully saturated rings. The zero-order valence-corrected chi connectivity index (χ0v) is 19.3. The third kappa shape index (κ3) is 5.87. The SMILES string of the molecule is CC(=O)OCCOc1cccc(C2SCC(=O)N2c2ccc(Oc3ccc(C)cc3)cc2)c1. The smallest absolute Gasteiger partial charge is 0.302 e. The van der Waals surface area contributed by atoms with Gasteiger partial charge in [0.25, 0.3) is 0 Å². The topological polar surface area (TPSA) is 65.1 Å². The molecule has 1 saturated heterocycles. The molecule has 6 nitrogen and oxygen atoms in total. The van der Waals surface area contributed by atoms with Gasteiger partial charge in [0.1, 0.15) is 35.8 Å². The maximum Gasteiger partial charge on any atom is 0.302 e. The van der Waals surface area contributed by atoms with E-state index in [4.69, 9.17) is 14.2 Å². The van der Waals surface area contributed by atoms with Crippen LogP contribution in [0.2, 0.25) is 0 Å². The number of amides is 1. The monoisotopic (exact) mass is 463 g/mol. The highest BCUT2D eigenvalue weighted by molar-refractivity contribution is 8.00. The Labute approximate surface area is 197 Å². The van der Waals surface area contributed by atoms with Crippen LogP contribution in [0, 0.1) is 6.92 Å². The van der Waals surface area contributed by atoms with Crippen LogP contribution >= 0.6 is 11.8 Å². The highest BCUT2D eigenvalue weighted by Crippen LogP contribution is 2.42. The maximum absolute atomic E-state index is 12.7. The molecule has 1 heterocycles. The number of nitrogens with zero attached hydrogens (tertiary/aromatic N) is 1. The third-order valence-electron chi connectivity index (χ3n) is 5.04. The van der Waals surface area contributed by atoms with Gasteiger partial charge in [-0.25, -0.2) is 0 Å². The summed E-state index contributed by atoms with van der Waals surface area (Å²) in [4.78, 5) is 25.4. The summed E-state index contributed by atoms with van der Waals surface area (Å²) in [6.45, 7) is 3.86. The molecule has 1 aliphatic rings. The molecule has 33 heavy (non-hydrogen) atoms. The van der Waals surface area contributed by atoms with E-state index < -0.39 is 0 Å². The second-order valence-corrected chi connectivity index (χ2v) is 8.67. The van der Waals surface area contributed by atoms with Crippen LogP contribution in [-0.4, -0.2) is 30.8 Å². The Hall–Kier alpha value is -3.45. The predicted molar refractivity (Wildman–Crippen MR) is 129 cm³/mol. The van der Waals surface area contributed by atoms with E-state index in [2.05, 4.69) is 0 Å². The molecule has 7 heteroatoms. The van der Waals surface area contributed by atoms with Crippen LogP contribution in [0.15, 0.2) is 72.8 Å². The Morgan fingerprint density at radius 2 is 1.67 bits per heavy atom. The predicted octanol–water partition coefficient (Wildman–Crippen LogP) is 5.51. The lowest BCUT2D eigenvalue weighted by atomic mass is 10.1. The number of hydrogen-bond acceptors (Lipinski definition) is 6. The molecule has 3 aromatic rings. The van der Waals surface area contributed by atoms with Crippen LogP contribution < -0.4 is 14.4 Å². The van der Waals surface area contributed by atoms with Crippen molar-refractivity contribution >= 4 is 29.3 Å². The lowest BCUT2D eigenvalue weighted by Gasteiger charge is -2.25. The molecule has 0 N–H and O–H groups in total. The lowest BCUT2D eigenvalue weighted by Crippen LogP contribution is -2.27. The fraction of sp³-hybridized carbons (Fsp3) is 0.231. The van der Waals surface area contributed by atoms with E-state index in [1.54, 1.807) is 16.7 Å². The minimum atomic E-state index is -0.334. The van der Waals surface area contributed by atoms with Gasteiger partial charge in [-0.2, -0.15) is 0 Å². The van der Waals surface area contributed by atoms with Crippen molar-refractivity contribution in [2.24, 2.45) is 0 Å². The zero-order valence-electron chi connectivity index (χ0n) is 18.5. The number of thioether (sulfide) groups is 1. The Kier molecular flexibility index (Phi) is 7.19. The minimum Gasteiger partial charge on any atom is -0.490 e. The van der Waals surface area contributed by atoms with Crippen LogP contribution in [0.25, 0.3) is 0 Å². The first-order valence-corrected chi connectivity index (χ1v) is 11.7. The molecule has 0 aliphatic carbocycles. The van der Waals surface area contributed by atoms with Crippen molar-refractivity contribution in [3.63, 3.8) is 0 Å². The summed E-state index contributed by atoms with van der Waals surface area (Å²) in [5, 5.41) is -0.154. The largest absolute Gasteiger partial charge is 0.490 e. The first-order valence-electron chi connectivity index (χ1n) is 10.6. The molecule has 1 amide bonds. The first-order chi connectivity index (χ1) is 16.0. The lowest BCUT2D eigenvalue weighted by molar-refractivity contribution is -0.141. The number of carbonyl (C=O) groups excluding carboxylic acids is 2. The number of benzene rings is 3. The quantitative estimate of drug-likeness (QED) is 0.324. The van der Waals surface area contributed by atoms with Crippen LogP contribution in [0.3, 0.4) is 0 Å². The van der Waals surface area contributed by atoms with E-state index >= 15 is 0 Å². The second kappa shape index (κ2) is 10.4. The van der Waals surface area contributed by atoms with Gasteiger partial charge in [0, 0.05) is 12.6 Å².